The van der Waals surface area contributed by atoms with Crippen LogP contribution in [0.1, 0.15) is 16.8 Å². The Balaban J connectivity index is 2.09. The zero-order valence-electron chi connectivity index (χ0n) is 13.2. The van der Waals surface area contributed by atoms with Gasteiger partial charge in [0.15, 0.2) is 11.5 Å². The smallest absolute Gasteiger partial charge is 0.161 e. The van der Waals surface area contributed by atoms with Gasteiger partial charge in [-0.05, 0) is 48.4 Å². The van der Waals surface area contributed by atoms with E-state index in [0.717, 1.165) is 43.8 Å². The second kappa shape index (κ2) is 6.46. The normalized spacial score (nSPS) is 11.0. The van der Waals surface area contributed by atoms with E-state index in [1.165, 1.54) is 5.56 Å². The third-order valence-corrected chi connectivity index (χ3v) is 4.97. The lowest BCUT2D eigenvalue weighted by Crippen LogP contribution is -1.96. The SMILES string of the molecule is COc1cc(Br)c(Cc2c(C)[nH]c3ccc(Cl)cc23)cc1OC. The van der Waals surface area contributed by atoms with Gasteiger partial charge >= 0.3 is 0 Å². The Morgan fingerprint density at radius 3 is 2.48 bits per heavy atom. The van der Waals surface area contributed by atoms with E-state index in [-0.39, 0.29) is 0 Å². The van der Waals surface area contributed by atoms with Gasteiger partial charge in [-0.15, -0.1) is 0 Å². The van der Waals surface area contributed by atoms with Gasteiger partial charge in [0.1, 0.15) is 0 Å². The molecule has 3 rings (SSSR count). The van der Waals surface area contributed by atoms with Gasteiger partial charge in [-0.1, -0.05) is 27.5 Å². The highest BCUT2D eigenvalue weighted by atomic mass is 79.9. The highest BCUT2D eigenvalue weighted by Crippen LogP contribution is 2.36. The maximum atomic E-state index is 6.16. The Hall–Kier alpha value is -1.65. The van der Waals surface area contributed by atoms with Crippen LogP contribution in [0.4, 0.5) is 0 Å². The number of fused-ring (bicyclic) bond motifs is 1. The Kier molecular flexibility index (Phi) is 4.55. The van der Waals surface area contributed by atoms with E-state index in [4.69, 9.17) is 21.1 Å². The molecular formula is C18H17BrClNO2. The van der Waals surface area contributed by atoms with Crippen molar-refractivity contribution in [3.05, 3.63) is 56.6 Å². The highest BCUT2D eigenvalue weighted by molar-refractivity contribution is 9.10. The third-order valence-electron chi connectivity index (χ3n) is 4.00. The summed E-state index contributed by atoms with van der Waals surface area (Å²) in [6.45, 7) is 2.08. The monoisotopic (exact) mass is 393 g/mol. The van der Waals surface area contributed by atoms with Crippen LogP contribution in [0.25, 0.3) is 10.9 Å². The van der Waals surface area contributed by atoms with Crippen molar-refractivity contribution in [1.82, 2.24) is 4.98 Å². The van der Waals surface area contributed by atoms with Crippen molar-refractivity contribution in [2.75, 3.05) is 14.2 Å². The summed E-state index contributed by atoms with van der Waals surface area (Å²) >= 11 is 9.79. The number of benzene rings is 2. The van der Waals surface area contributed by atoms with E-state index < -0.39 is 0 Å². The first-order chi connectivity index (χ1) is 11.0. The first-order valence-electron chi connectivity index (χ1n) is 7.20. The summed E-state index contributed by atoms with van der Waals surface area (Å²) in [7, 11) is 3.28. The number of methoxy groups -OCH3 is 2. The maximum absolute atomic E-state index is 6.16. The molecule has 0 atom stereocenters. The molecule has 0 aliphatic rings. The summed E-state index contributed by atoms with van der Waals surface area (Å²) in [5.74, 6) is 1.43. The van der Waals surface area contributed by atoms with Crippen LogP contribution in [0.15, 0.2) is 34.8 Å². The van der Waals surface area contributed by atoms with Crippen molar-refractivity contribution in [1.29, 1.82) is 0 Å². The quantitative estimate of drug-likeness (QED) is 0.634. The lowest BCUT2D eigenvalue weighted by molar-refractivity contribution is 0.354. The molecule has 5 heteroatoms. The van der Waals surface area contributed by atoms with Gasteiger partial charge in [0, 0.05) is 32.5 Å². The molecule has 120 valence electrons. The predicted octanol–water partition coefficient (Wildman–Crippen LogP) is 5.50. The van der Waals surface area contributed by atoms with Crippen molar-refractivity contribution >= 4 is 38.4 Å². The Morgan fingerprint density at radius 1 is 1.09 bits per heavy atom. The number of aromatic nitrogens is 1. The molecule has 0 saturated heterocycles. The summed E-state index contributed by atoms with van der Waals surface area (Å²) in [5.41, 5.74) is 4.60. The Bertz CT molecular complexity index is 873. The molecule has 0 unspecified atom stereocenters. The summed E-state index contributed by atoms with van der Waals surface area (Å²) in [6.07, 6.45) is 0.771. The maximum Gasteiger partial charge on any atom is 0.161 e. The molecule has 3 aromatic rings. The first-order valence-corrected chi connectivity index (χ1v) is 8.37. The van der Waals surface area contributed by atoms with Gasteiger partial charge in [0.25, 0.3) is 0 Å². The van der Waals surface area contributed by atoms with Crippen molar-refractivity contribution in [2.45, 2.75) is 13.3 Å². The van der Waals surface area contributed by atoms with Crippen LogP contribution < -0.4 is 9.47 Å². The number of ether oxygens (including phenoxy) is 2. The Morgan fingerprint density at radius 2 is 1.78 bits per heavy atom. The number of rotatable bonds is 4. The number of hydrogen-bond acceptors (Lipinski definition) is 2. The molecule has 23 heavy (non-hydrogen) atoms. The zero-order valence-corrected chi connectivity index (χ0v) is 15.5. The fraction of sp³-hybridized carbons (Fsp3) is 0.222. The molecule has 0 aliphatic carbocycles. The summed E-state index contributed by atoms with van der Waals surface area (Å²) < 4.78 is 11.7. The summed E-state index contributed by atoms with van der Waals surface area (Å²) in [4.78, 5) is 3.42. The fourth-order valence-electron chi connectivity index (χ4n) is 2.80. The van der Waals surface area contributed by atoms with E-state index in [9.17, 15) is 0 Å². The number of halogens is 2. The van der Waals surface area contributed by atoms with Gasteiger partial charge in [-0.3, -0.25) is 0 Å². The van der Waals surface area contributed by atoms with Crippen LogP contribution in [-0.2, 0) is 6.42 Å². The average molecular weight is 395 g/mol. The van der Waals surface area contributed by atoms with E-state index in [2.05, 4.69) is 27.8 Å². The van der Waals surface area contributed by atoms with Crippen LogP contribution in [0.3, 0.4) is 0 Å². The van der Waals surface area contributed by atoms with Gasteiger partial charge in [-0.25, -0.2) is 0 Å². The van der Waals surface area contributed by atoms with Gasteiger partial charge in [-0.2, -0.15) is 0 Å². The van der Waals surface area contributed by atoms with Crippen LogP contribution in [0.5, 0.6) is 11.5 Å². The molecule has 1 heterocycles. The molecule has 3 nitrogen and oxygen atoms in total. The number of H-pyrrole nitrogens is 1. The number of hydrogen-bond donors (Lipinski definition) is 1. The van der Waals surface area contributed by atoms with Crippen molar-refractivity contribution in [3.8, 4) is 11.5 Å². The van der Waals surface area contributed by atoms with Crippen LogP contribution in [0, 0.1) is 6.92 Å². The second-order valence-corrected chi connectivity index (χ2v) is 6.68. The van der Waals surface area contributed by atoms with E-state index >= 15 is 0 Å². The molecule has 0 fully saturated rings. The van der Waals surface area contributed by atoms with E-state index in [1.54, 1.807) is 14.2 Å². The average Bonchev–Trinajstić information content (AvgIpc) is 2.84. The summed E-state index contributed by atoms with van der Waals surface area (Å²) in [6, 6.07) is 9.86. The van der Waals surface area contributed by atoms with Crippen molar-refractivity contribution in [2.24, 2.45) is 0 Å². The van der Waals surface area contributed by atoms with Crippen molar-refractivity contribution in [3.63, 3.8) is 0 Å². The van der Waals surface area contributed by atoms with Gasteiger partial charge in [0.05, 0.1) is 14.2 Å². The molecule has 0 spiro atoms. The summed E-state index contributed by atoms with van der Waals surface area (Å²) in [5, 5.41) is 1.89. The first kappa shape index (κ1) is 16.2. The molecule has 2 aromatic carbocycles. The van der Waals surface area contributed by atoms with Gasteiger partial charge < -0.3 is 14.5 Å². The second-order valence-electron chi connectivity index (χ2n) is 5.39. The number of nitrogens with one attached hydrogen (secondary N) is 1. The number of aryl methyl sites for hydroxylation is 1. The van der Waals surface area contributed by atoms with Crippen LogP contribution >= 0.6 is 27.5 Å². The van der Waals surface area contributed by atoms with E-state index in [0.29, 0.717) is 5.75 Å². The molecule has 1 N–H and O–H groups in total. The lowest BCUT2D eigenvalue weighted by Gasteiger charge is -2.12. The zero-order chi connectivity index (χ0) is 16.6. The molecule has 0 saturated carbocycles. The van der Waals surface area contributed by atoms with Crippen molar-refractivity contribution < 1.29 is 9.47 Å². The topological polar surface area (TPSA) is 34.2 Å². The minimum atomic E-state index is 0.710. The number of aromatic amines is 1. The highest BCUT2D eigenvalue weighted by Gasteiger charge is 2.14. The van der Waals surface area contributed by atoms with E-state index in [1.807, 2.05) is 30.3 Å². The third kappa shape index (κ3) is 3.06. The largest absolute Gasteiger partial charge is 0.493 e. The molecule has 0 bridgehead atoms. The van der Waals surface area contributed by atoms with Gasteiger partial charge in [0.2, 0.25) is 0 Å². The molecular weight excluding hydrogens is 378 g/mol. The molecule has 1 aromatic heterocycles. The fourth-order valence-corrected chi connectivity index (χ4v) is 3.44. The molecule has 0 radical (unpaired) electrons. The Labute approximate surface area is 148 Å². The minimum absolute atomic E-state index is 0.710. The predicted molar refractivity (Wildman–Crippen MR) is 98.1 cm³/mol. The standard InChI is InChI=1S/C18H17BrClNO2/c1-10-13(14-8-12(20)4-5-16(14)21-10)6-11-7-17(22-2)18(23-3)9-15(11)19/h4-5,7-9,21H,6H2,1-3H3. The molecule has 0 aliphatic heterocycles. The lowest BCUT2D eigenvalue weighted by atomic mass is 10.0. The minimum Gasteiger partial charge on any atom is -0.493 e. The van der Waals surface area contributed by atoms with Crippen LogP contribution in [-0.4, -0.2) is 19.2 Å². The molecule has 0 amide bonds. The van der Waals surface area contributed by atoms with Crippen LogP contribution in [0.2, 0.25) is 5.02 Å².